The number of nitrogens with zero attached hydrogens (tertiary/aromatic N) is 4. The molecule has 5 aliphatic rings. The summed E-state index contributed by atoms with van der Waals surface area (Å²) < 4.78 is 88.6. The molecule has 26 heteroatoms. The fraction of sp³-hybridized carbons (Fsp3) is 0.333. The molecule has 5 aliphatic heterocycles. The number of carbonyl (C=O) groups is 2. The number of morpholine rings is 2. The molecule has 3 fully saturated rings. The van der Waals surface area contributed by atoms with E-state index < -0.39 is 38.4 Å². The Kier molecular flexibility index (Phi) is 20.7. The van der Waals surface area contributed by atoms with Crippen LogP contribution in [0.4, 0.5) is 11.6 Å². The maximum absolute atomic E-state index is 12.9. The second-order valence-corrected chi connectivity index (χ2v) is 27.2. The van der Waals surface area contributed by atoms with E-state index in [1.807, 2.05) is 45.9 Å². The molecule has 0 spiro atoms. The maximum atomic E-state index is 12.9. The van der Waals surface area contributed by atoms with Crippen molar-refractivity contribution in [3.8, 4) is 22.6 Å². The largest absolute Gasteiger partial charge is 0.494 e. The van der Waals surface area contributed by atoms with Crippen LogP contribution in [-0.4, -0.2) is 143 Å². The minimum absolute atomic E-state index is 0.202. The zero-order valence-electron chi connectivity index (χ0n) is 47.7. The molecular weight excluding hydrogens is 1250 g/mol. The number of ether oxygens (including phenoxy) is 4. The number of carbonyl (C=O) groups excluding carboxylic acids is 2. The van der Waals surface area contributed by atoms with Crippen LogP contribution in [0, 0.1) is 0 Å². The van der Waals surface area contributed by atoms with Crippen molar-refractivity contribution in [3.05, 3.63) is 158 Å². The number of hydrogen-bond acceptors (Lipinski definition) is 16. The van der Waals surface area contributed by atoms with Crippen molar-refractivity contribution in [1.29, 1.82) is 0 Å². The summed E-state index contributed by atoms with van der Waals surface area (Å²) in [5, 5.41) is 6.69. The quantitative estimate of drug-likeness (QED) is 0.0613. The first kappa shape index (κ1) is 64.1. The van der Waals surface area contributed by atoms with Gasteiger partial charge in [-0.1, -0.05) is 57.3 Å². The lowest BCUT2D eigenvalue weighted by atomic mass is 9.78. The molecule has 7 heterocycles. The van der Waals surface area contributed by atoms with Gasteiger partial charge in [-0.05, 0) is 152 Å². The molecular formula is C60H66BBrCl2N8O12S2. The van der Waals surface area contributed by atoms with Crippen molar-refractivity contribution >= 4 is 107 Å². The third-order valence-corrected chi connectivity index (χ3v) is 19.9. The van der Waals surface area contributed by atoms with Crippen LogP contribution in [0.2, 0.25) is 10.0 Å². The van der Waals surface area contributed by atoms with Crippen LogP contribution >= 0.6 is 39.1 Å². The summed E-state index contributed by atoms with van der Waals surface area (Å²) >= 11 is 16.3. The number of nitrogens with one attached hydrogen (secondary N) is 2. The van der Waals surface area contributed by atoms with Crippen LogP contribution in [0.3, 0.4) is 0 Å². The van der Waals surface area contributed by atoms with Gasteiger partial charge in [0.2, 0.25) is 31.9 Å². The number of halogens is 3. The minimum atomic E-state index is -3.56. The number of nitrogens with two attached hydrogens (primary N) is 2. The SMILES string of the molecule is CC1(C)OB(c2cc(Cl)c3c(c2)CC(CNC(=O)/C=C/c2ccc(N)nc2)O3)OC1(C)C.Nc1ccc(/C=C/C(=O)NCC2Cc3cc(-c4ccc(S(=O)(=O)N5CCOCC5)cc4)cc(Cl)c3O2)cn1.O=S(=O)(c1ccc(Br)cc1)N1CCOCC1. The monoisotopic (exact) mass is 1310 g/mol. The fourth-order valence-corrected chi connectivity index (χ4v) is 13.2. The normalized spacial score (nSPS) is 19.1. The Bertz CT molecular complexity index is 3670. The first-order chi connectivity index (χ1) is 40.9. The lowest BCUT2D eigenvalue weighted by Gasteiger charge is -2.32. The molecule has 2 amide bonds. The van der Waals surface area contributed by atoms with Gasteiger partial charge < -0.3 is 50.4 Å². The number of aromatic nitrogens is 2. The van der Waals surface area contributed by atoms with Gasteiger partial charge >= 0.3 is 7.12 Å². The first-order valence-corrected chi connectivity index (χ1v) is 32.1. The molecule has 3 saturated heterocycles. The summed E-state index contributed by atoms with van der Waals surface area (Å²) in [6, 6.07) is 28.0. The van der Waals surface area contributed by atoms with Gasteiger partial charge in [0.1, 0.15) is 35.3 Å². The van der Waals surface area contributed by atoms with Crippen molar-refractivity contribution in [3.63, 3.8) is 0 Å². The van der Waals surface area contributed by atoms with E-state index in [1.165, 1.54) is 20.8 Å². The number of anilines is 2. The van der Waals surface area contributed by atoms with Gasteiger partial charge in [-0.3, -0.25) is 9.59 Å². The fourth-order valence-electron chi connectivity index (χ4n) is 9.53. The Morgan fingerprint density at radius 1 is 0.628 bits per heavy atom. The van der Waals surface area contributed by atoms with Gasteiger partial charge in [-0.25, -0.2) is 26.8 Å². The number of benzene rings is 4. The van der Waals surface area contributed by atoms with Gasteiger partial charge in [0.25, 0.3) is 0 Å². The van der Waals surface area contributed by atoms with E-state index in [2.05, 4.69) is 36.5 Å². The molecule has 454 valence electrons. The third-order valence-electron chi connectivity index (χ3n) is 15.0. The molecule has 86 heavy (non-hydrogen) atoms. The highest BCUT2D eigenvalue weighted by Crippen LogP contribution is 2.41. The van der Waals surface area contributed by atoms with Crippen molar-refractivity contribution in [2.45, 2.75) is 73.7 Å². The van der Waals surface area contributed by atoms with Gasteiger partial charge in [0.05, 0.1) is 70.6 Å². The molecule has 11 rings (SSSR count). The van der Waals surface area contributed by atoms with Gasteiger partial charge in [-0.15, -0.1) is 0 Å². The van der Waals surface area contributed by atoms with Crippen LogP contribution in [0.25, 0.3) is 23.3 Å². The molecule has 6 aromatic rings. The molecule has 0 saturated carbocycles. The molecule has 6 N–H and O–H groups in total. The average molecular weight is 1320 g/mol. The second kappa shape index (κ2) is 27.7. The van der Waals surface area contributed by atoms with Crippen molar-refractivity contribution < 1.29 is 54.7 Å². The van der Waals surface area contributed by atoms with E-state index >= 15 is 0 Å². The van der Waals surface area contributed by atoms with Crippen LogP contribution < -0.4 is 37.0 Å². The van der Waals surface area contributed by atoms with E-state index in [9.17, 15) is 26.4 Å². The molecule has 4 aromatic carbocycles. The summed E-state index contributed by atoms with van der Waals surface area (Å²) in [5.41, 5.74) is 16.3. The molecule has 0 bridgehead atoms. The van der Waals surface area contributed by atoms with Gasteiger partial charge in [0.15, 0.2) is 0 Å². The van der Waals surface area contributed by atoms with E-state index in [0.717, 1.165) is 43.3 Å². The molecule has 0 aliphatic carbocycles. The Balaban J connectivity index is 0.000000166. The number of sulfonamides is 2. The minimum Gasteiger partial charge on any atom is -0.486 e. The van der Waals surface area contributed by atoms with E-state index in [0.29, 0.717) is 117 Å². The van der Waals surface area contributed by atoms with Crippen LogP contribution in [0.5, 0.6) is 11.5 Å². The van der Waals surface area contributed by atoms with E-state index in [-0.39, 0.29) is 28.9 Å². The van der Waals surface area contributed by atoms with Gasteiger partial charge in [-0.2, -0.15) is 8.61 Å². The van der Waals surface area contributed by atoms with Crippen molar-refractivity contribution in [1.82, 2.24) is 29.2 Å². The zero-order chi connectivity index (χ0) is 61.4. The number of rotatable bonds is 14. The average Bonchev–Trinajstić information content (AvgIpc) is 2.22. The number of nitrogen functional groups attached to an aromatic ring is 2. The summed E-state index contributed by atoms with van der Waals surface area (Å²) in [6.07, 6.45) is 10.2. The summed E-state index contributed by atoms with van der Waals surface area (Å²) in [6.45, 7) is 12.0. The lowest BCUT2D eigenvalue weighted by Crippen LogP contribution is -2.41. The van der Waals surface area contributed by atoms with Gasteiger partial charge in [0, 0.05) is 73.6 Å². The number of amides is 2. The topological polar surface area (TPSA) is 266 Å². The summed E-state index contributed by atoms with van der Waals surface area (Å²) in [5.74, 6) is 1.63. The molecule has 0 radical (unpaired) electrons. The highest BCUT2D eigenvalue weighted by atomic mass is 79.9. The predicted octanol–water partition coefficient (Wildman–Crippen LogP) is 7.36. The molecule has 2 atom stereocenters. The third kappa shape index (κ3) is 16.0. The number of pyridine rings is 2. The van der Waals surface area contributed by atoms with Crippen molar-refractivity contribution in [2.75, 3.05) is 77.2 Å². The Morgan fingerprint density at radius 2 is 1.06 bits per heavy atom. The van der Waals surface area contributed by atoms with E-state index in [1.54, 1.807) is 103 Å². The Labute approximate surface area is 519 Å². The zero-order valence-corrected chi connectivity index (χ0v) is 52.4. The predicted molar refractivity (Wildman–Crippen MR) is 335 cm³/mol. The first-order valence-electron chi connectivity index (χ1n) is 27.6. The highest BCUT2D eigenvalue weighted by molar-refractivity contribution is 9.10. The Hall–Kier alpha value is -6.42. The van der Waals surface area contributed by atoms with E-state index in [4.69, 9.17) is 62.9 Å². The lowest BCUT2D eigenvalue weighted by molar-refractivity contribution is -0.117. The maximum Gasteiger partial charge on any atom is 0.494 e. The number of hydrogen-bond donors (Lipinski definition) is 4. The Morgan fingerprint density at radius 3 is 1.50 bits per heavy atom. The standard InChI is InChI=1S/C27H27ClN4O5S.C23H27BClN3O4.C10H12BrNO3S/c28-24-15-20(19-3-5-23(6-4-19)38(34,35)32-9-11-36-12-10-32)13-21-14-22(37-27(21)24)17-31-26(33)8-2-18-1-7-25(29)30-16-18;1-22(2)23(3,4)32-24(31-22)16-9-15-10-17(30-21(15)18(25)11-16)13-28-20(29)8-6-14-5-7-19(26)27-12-14;11-9-1-3-10(4-2-9)16(13,14)12-5-7-15-8-6-12/h1-8,13,15-16,22H,9-12,14,17H2,(H2,29,30)(H,31,33);5-9,11-12,17H,10,13H2,1-4H3,(H2,26,27)(H,28,29);1-4H,5-8H2/b8-2+;8-6+;. The van der Waals surface area contributed by atoms with Crippen LogP contribution in [0.1, 0.15) is 49.9 Å². The molecule has 2 unspecified atom stereocenters. The summed E-state index contributed by atoms with van der Waals surface area (Å²) in [4.78, 5) is 33.0. The second-order valence-electron chi connectivity index (χ2n) is 21.6. The highest BCUT2D eigenvalue weighted by Gasteiger charge is 2.52. The molecule has 20 nitrogen and oxygen atoms in total. The molecule has 2 aromatic heterocycles. The van der Waals surface area contributed by atoms with Crippen molar-refractivity contribution in [2.24, 2.45) is 0 Å². The smallest absolute Gasteiger partial charge is 0.486 e. The number of fused-ring (bicyclic) bond motifs is 2. The van der Waals surface area contributed by atoms with Crippen LogP contribution in [-0.2, 0) is 61.3 Å². The summed E-state index contributed by atoms with van der Waals surface area (Å²) in [7, 11) is -7.40. The van der Waals surface area contributed by atoms with Crippen LogP contribution in [0.15, 0.2) is 136 Å².